The van der Waals surface area contributed by atoms with Crippen molar-refractivity contribution in [1.29, 1.82) is 5.26 Å². The summed E-state index contributed by atoms with van der Waals surface area (Å²) in [5.74, 6) is -0.749. The van der Waals surface area contributed by atoms with E-state index in [2.05, 4.69) is 5.32 Å². The molecule has 2 atom stereocenters. The molecular formula is C11H20N2O2. The van der Waals surface area contributed by atoms with E-state index >= 15 is 0 Å². The molecule has 0 saturated heterocycles. The first kappa shape index (κ1) is 13.9. The van der Waals surface area contributed by atoms with Gasteiger partial charge in [-0.2, -0.15) is 5.26 Å². The molecular weight excluding hydrogens is 192 g/mol. The summed E-state index contributed by atoms with van der Waals surface area (Å²) in [5.41, 5.74) is 0. The van der Waals surface area contributed by atoms with Gasteiger partial charge in [-0.3, -0.25) is 4.79 Å². The number of carbonyl (C=O) groups excluding carboxylic acids is 1. The van der Waals surface area contributed by atoms with Gasteiger partial charge in [0, 0.05) is 6.54 Å². The number of hydrogen-bond donors (Lipinski definition) is 2. The minimum absolute atomic E-state index is 0.0340. The van der Waals surface area contributed by atoms with Crippen molar-refractivity contribution in [3.63, 3.8) is 0 Å². The molecule has 0 aliphatic carbocycles. The molecule has 0 spiro atoms. The first-order valence-electron chi connectivity index (χ1n) is 5.34. The fourth-order valence-corrected chi connectivity index (χ4v) is 1.23. The molecule has 0 fully saturated rings. The SMILES string of the molecule is CC(O)CCCNC(=O)C(C#N)C(C)C. The molecule has 15 heavy (non-hydrogen) atoms. The first-order valence-corrected chi connectivity index (χ1v) is 5.34. The van der Waals surface area contributed by atoms with E-state index in [4.69, 9.17) is 10.4 Å². The van der Waals surface area contributed by atoms with Crippen LogP contribution in [0.5, 0.6) is 0 Å². The van der Waals surface area contributed by atoms with Crippen molar-refractivity contribution in [3.8, 4) is 6.07 Å². The van der Waals surface area contributed by atoms with Crippen molar-refractivity contribution in [2.24, 2.45) is 11.8 Å². The Labute approximate surface area is 91.3 Å². The second-order valence-electron chi connectivity index (χ2n) is 4.13. The highest BCUT2D eigenvalue weighted by Gasteiger charge is 2.20. The van der Waals surface area contributed by atoms with Crippen LogP contribution in [0, 0.1) is 23.2 Å². The van der Waals surface area contributed by atoms with Gasteiger partial charge in [0.15, 0.2) is 0 Å². The molecule has 4 nitrogen and oxygen atoms in total. The highest BCUT2D eigenvalue weighted by Crippen LogP contribution is 2.09. The zero-order valence-electron chi connectivity index (χ0n) is 9.66. The number of nitrogens with zero attached hydrogens (tertiary/aromatic N) is 1. The molecule has 0 radical (unpaired) electrons. The van der Waals surface area contributed by atoms with Crippen LogP contribution in [-0.4, -0.2) is 23.7 Å². The third-order valence-electron chi connectivity index (χ3n) is 2.19. The molecule has 0 aromatic heterocycles. The van der Waals surface area contributed by atoms with Crippen LogP contribution in [0.2, 0.25) is 0 Å². The van der Waals surface area contributed by atoms with Gasteiger partial charge in [-0.15, -0.1) is 0 Å². The fraction of sp³-hybridized carbons (Fsp3) is 0.818. The van der Waals surface area contributed by atoms with E-state index in [0.717, 1.165) is 6.42 Å². The van der Waals surface area contributed by atoms with Crippen molar-refractivity contribution < 1.29 is 9.90 Å². The summed E-state index contributed by atoms with van der Waals surface area (Å²) >= 11 is 0. The van der Waals surface area contributed by atoms with Crippen LogP contribution in [0.4, 0.5) is 0 Å². The Kier molecular flexibility index (Phi) is 6.72. The number of aliphatic hydroxyl groups is 1. The molecule has 0 heterocycles. The maximum absolute atomic E-state index is 11.5. The number of amides is 1. The first-order chi connectivity index (χ1) is 6.99. The number of rotatable bonds is 6. The number of nitrogens with one attached hydrogen (secondary N) is 1. The Morgan fingerprint density at radius 2 is 2.07 bits per heavy atom. The van der Waals surface area contributed by atoms with Crippen molar-refractivity contribution in [2.75, 3.05) is 6.54 Å². The third kappa shape index (κ3) is 6.08. The van der Waals surface area contributed by atoms with Gasteiger partial charge in [0.1, 0.15) is 5.92 Å². The molecule has 0 aliphatic heterocycles. The van der Waals surface area contributed by atoms with Crippen molar-refractivity contribution in [3.05, 3.63) is 0 Å². The Bertz CT molecular complexity index is 231. The van der Waals surface area contributed by atoms with Gasteiger partial charge in [-0.05, 0) is 25.7 Å². The molecule has 0 saturated carbocycles. The smallest absolute Gasteiger partial charge is 0.237 e. The average molecular weight is 212 g/mol. The van der Waals surface area contributed by atoms with Crippen LogP contribution < -0.4 is 5.32 Å². The molecule has 2 unspecified atom stereocenters. The summed E-state index contributed by atoms with van der Waals surface area (Å²) in [6.45, 7) is 5.94. The molecule has 0 rings (SSSR count). The molecule has 1 amide bonds. The summed E-state index contributed by atoms with van der Waals surface area (Å²) < 4.78 is 0. The van der Waals surface area contributed by atoms with E-state index in [1.165, 1.54) is 0 Å². The van der Waals surface area contributed by atoms with E-state index < -0.39 is 5.92 Å². The number of nitriles is 1. The second-order valence-corrected chi connectivity index (χ2v) is 4.13. The molecule has 86 valence electrons. The van der Waals surface area contributed by atoms with Gasteiger partial charge >= 0.3 is 0 Å². The van der Waals surface area contributed by atoms with Gasteiger partial charge in [0.25, 0.3) is 0 Å². The fourth-order valence-electron chi connectivity index (χ4n) is 1.23. The predicted molar refractivity (Wildman–Crippen MR) is 57.9 cm³/mol. The number of hydrogen-bond acceptors (Lipinski definition) is 3. The van der Waals surface area contributed by atoms with Crippen LogP contribution in [0.3, 0.4) is 0 Å². The van der Waals surface area contributed by atoms with Crippen molar-refractivity contribution in [1.82, 2.24) is 5.32 Å². The van der Waals surface area contributed by atoms with Crippen LogP contribution in [-0.2, 0) is 4.79 Å². The maximum atomic E-state index is 11.5. The molecule has 0 bridgehead atoms. The van der Waals surface area contributed by atoms with Crippen LogP contribution in [0.25, 0.3) is 0 Å². The second kappa shape index (κ2) is 7.24. The molecule has 4 heteroatoms. The summed E-state index contributed by atoms with van der Waals surface area (Å²) in [6.07, 6.45) is 1.07. The third-order valence-corrected chi connectivity index (χ3v) is 2.19. The number of aliphatic hydroxyl groups excluding tert-OH is 1. The van der Waals surface area contributed by atoms with E-state index in [1.807, 2.05) is 19.9 Å². The van der Waals surface area contributed by atoms with Crippen LogP contribution in [0.15, 0.2) is 0 Å². The summed E-state index contributed by atoms with van der Waals surface area (Å²) in [7, 11) is 0. The highest BCUT2D eigenvalue weighted by atomic mass is 16.3. The van der Waals surface area contributed by atoms with E-state index in [9.17, 15) is 4.79 Å². The van der Waals surface area contributed by atoms with Crippen LogP contribution >= 0.6 is 0 Å². The topological polar surface area (TPSA) is 73.1 Å². The van der Waals surface area contributed by atoms with E-state index in [-0.39, 0.29) is 17.9 Å². The van der Waals surface area contributed by atoms with Gasteiger partial charge in [0.05, 0.1) is 12.2 Å². The quantitative estimate of drug-likeness (QED) is 0.646. The van der Waals surface area contributed by atoms with Crippen molar-refractivity contribution >= 4 is 5.91 Å². The Morgan fingerprint density at radius 3 is 2.47 bits per heavy atom. The van der Waals surface area contributed by atoms with E-state index in [1.54, 1.807) is 6.92 Å². The Morgan fingerprint density at radius 1 is 1.47 bits per heavy atom. The zero-order chi connectivity index (χ0) is 11.8. The number of carbonyl (C=O) groups is 1. The standard InChI is InChI=1S/C11H20N2O2/c1-8(2)10(7-12)11(15)13-6-4-5-9(3)14/h8-10,14H,4-6H2,1-3H3,(H,13,15). The van der Waals surface area contributed by atoms with Gasteiger partial charge < -0.3 is 10.4 Å². The summed E-state index contributed by atoms with van der Waals surface area (Å²) in [4.78, 5) is 11.5. The minimum atomic E-state index is -0.573. The highest BCUT2D eigenvalue weighted by molar-refractivity contribution is 5.81. The zero-order valence-corrected chi connectivity index (χ0v) is 9.66. The summed E-state index contributed by atoms with van der Waals surface area (Å²) in [6, 6.07) is 1.99. The lowest BCUT2D eigenvalue weighted by molar-refractivity contribution is -0.124. The lowest BCUT2D eigenvalue weighted by Crippen LogP contribution is -2.33. The largest absolute Gasteiger partial charge is 0.393 e. The van der Waals surface area contributed by atoms with Crippen LogP contribution in [0.1, 0.15) is 33.6 Å². The molecule has 0 aliphatic rings. The normalized spacial score (nSPS) is 14.4. The molecule has 0 aromatic rings. The van der Waals surface area contributed by atoms with E-state index in [0.29, 0.717) is 13.0 Å². The molecule has 2 N–H and O–H groups in total. The Hall–Kier alpha value is -1.08. The van der Waals surface area contributed by atoms with Gasteiger partial charge in [-0.1, -0.05) is 13.8 Å². The lowest BCUT2D eigenvalue weighted by Gasteiger charge is -2.13. The lowest BCUT2D eigenvalue weighted by atomic mass is 9.97. The maximum Gasteiger partial charge on any atom is 0.237 e. The monoisotopic (exact) mass is 212 g/mol. The van der Waals surface area contributed by atoms with Gasteiger partial charge in [0.2, 0.25) is 5.91 Å². The van der Waals surface area contributed by atoms with Gasteiger partial charge in [-0.25, -0.2) is 0 Å². The average Bonchev–Trinajstić information content (AvgIpc) is 2.12. The predicted octanol–water partition coefficient (Wildman–Crippen LogP) is 1.06. The summed E-state index contributed by atoms with van der Waals surface area (Å²) in [5, 5.41) is 20.5. The van der Waals surface area contributed by atoms with Crippen molar-refractivity contribution in [2.45, 2.75) is 39.7 Å². The molecule has 0 aromatic carbocycles. The Balaban J connectivity index is 3.79. The minimum Gasteiger partial charge on any atom is -0.393 e.